The summed E-state index contributed by atoms with van der Waals surface area (Å²) in [6.45, 7) is 5.13. The molecule has 1 aliphatic heterocycles. The van der Waals surface area contributed by atoms with E-state index in [1.807, 2.05) is 37.1 Å². The van der Waals surface area contributed by atoms with Gasteiger partial charge in [-0.05, 0) is 19.1 Å². The van der Waals surface area contributed by atoms with Gasteiger partial charge in [0.1, 0.15) is 4.88 Å². The number of hydrogen-bond donors (Lipinski definition) is 1. The minimum absolute atomic E-state index is 0.101. The Bertz CT molecular complexity index is 647. The summed E-state index contributed by atoms with van der Waals surface area (Å²) in [5, 5.41) is 3.80. The van der Waals surface area contributed by atoms with E-state index in [0.29, 0.717) is 0 Å². The second-order valence-corrected chi connectivity index (χ2v) is 6.30. The lowest BCUT2D eigenvalue weighted by Crippen LogP contribution is -2.48. The first kappa shape index (κ1) is 14.8. The summed E-state index contributed by atoms with van der Waals surface area (Å²) < 4.78 is 0. The molecule has 1 aromatic heterocycles. The summed E-state index contributed by atoms with van der Waals surface area (Å²) in [5.41, 5.74) is 2.03. The van der Waals surface area contributed by atoms with Crippen LogP contribution in [-0.4, -0.2) is 49.0 Å². The molecule has 0 radical (unpaired) electrons. The quantitative estimate of drug-likeness (QED) is 0.945. The van der Waals surface area contributed by atoms with Gasteiger partial charge in [0.15, 0.2) is 5.13 Å². The van der Waals surface area contributed by atoms with Crippen LogP contribution in [0.2, 0.25) is 0 Å². The first-order chi connectivity index (χ1) is 10.7. The zero-order valence-electron chi connectivity index (χ0n) is 12.9. The number of nitrogens with one attached hydrogen (secondary N) is 1. The monoisotopic (exact) mass is 316 g/mol. The van der Waals surface area contributed by atoms with E-state index in [0.717, 1.165) is 41.9 Å². The van der Waals surface area contributed by atoms with Gasteiger partial charge in [0.2, 0.25) is 0 Å². The molecule has 1 fully saturated rings. The van der Waals surface area contributed by atoms with E-state index in [1.165, 1.54) is 17.0 Å². The zero-order valence-corrected chi connectivity index (χ0v) is 13.7. The molecule has 1 N–H and O–H groups in total. The molecule has 0 spiro atoms. The molecule has 0 unspecified atom stereocenters. The molecular formula is C16H20N4OS. The van der Waals surface area contributed by atoms with Gasteiger partial charge >= 0.3 is 0 Å². The average molecular weight is 316 g/mol. The molecule has 0 aliphatic carbocycles. The van der Waals surface area contributed by atoms with Crippen LogP contribution in [0.15, 0.2) is 30.3 Å². The lowest BCUT2D eigenvalue weighted by molar-refractivity contribution is 0.0750. The molecule has 0 atom stereocenters. The normalized spacial score (nSPS) is 15.0. The number of aromatic nitrogens is 1. The molecule has 0 saturated carbocycles. The number of carbonyl (C=O) groups is 1. The minimum Gasteiger partial charge on any atom is -0.368 e. The van der Waals surface area contributed by atoms with Crippen molar-refractivity contribution < 1.29 is 4.79 Å². The Hall–Kier alpha value is -2.08. The first-order valence-corrected chi connectivity index (χ1v) is 8.25. The van der Waals surface area contributed by atoms with Crippen molar-refractivity contribution in [3.05, 3.63) is 40.9 Å². The minimum atomic E-state index is 0.101. The van der Waals surface area contributed by atoms with Crippen LogP contribution < -0.4 is 10.2 Å². The van der Waals surface area contributed by atoms with Gasteiger partial charge in [-0.2, -0.15) is 0 Å². The molecule has 1 aromatic carbocycles. The van der Waals surface area contributed by atoms with Crippen molar-refractivity contribution in [3.63, 3.8) is 0 Å². The Morgan fingerprint density at radius 3 is 2.45 bits per heavy atom. The molecule has 1 aliphatic rings. The molecule has 1 saturated heterocycles. The van der Waals surface area contributed by atoms with Crippen LogP contribution in [0, 0.1) is 6.92 Å². The van der Waals surface area contributed by atoms with Crippen LogP contribution in [0.1, 0.15) is 15.4 Å². The highest BCUT2D eigenvalue weighted by atomic mass is 32.1. The molecule has 1 amide bonds. The summed E-state index contributed by atoms with van der Waals surface area (Å²) in [6.07, 6.45) is 0. The number of thiazole rings is 1. The molecule has 22 heavy (non-hydrogen) atoms. The second-order valence-electron chi connectivity index (χ2n) is 5.30. The van der Waals surface area contributed by atoms with E-state index in [-0.39, 0.29) is 5.91 Å². The number of para-hydroxylation sites is 1. The molecule has 2 heterocycles. The Morgan fingerprint density at radius 1 is 1.18 bits per heavy atom. The number of piperazine rings is 1. The highest BCUT2D eigenvalue weighted by Gasteiger charge is 2.25. The van der Waals surface area contributed by atoms with Gasteiger partial charge in [0.05, 0.1) is 5.69 Å². The fourth-order valence-corrected chi connectivity index (χ4v) is 3.54. The van der Waals surface area contributed by atoms with Crippen molar-refractivity contribution in [1.82, 2.24) is 9.88 Å². The predicted molar refractivity (Wildman–Crippen MR) is 91.0 cm³/mol. The highest BCUT2D eigenvalue weighted by Crippen LogP contribution is 2.24. The SMILES string of the molecule is CNc1nc(C)c(C(=O)N2CCN(c3ccccc3)CC2)s1. The second kappa shape index (κ2) is 6.36. The third-order valence-electron chi connectivity index (χ3n) is 3.89. The molecular weight excluding hydrogens is 296 g/mol. The van der Waals surface area contributed by atoms with E-state index in [4.69, 9.17) is 0 Å². The van der Waals surface area contributed by atoms with Crippen LogP contribution in [0.25, 0.3) is 0 Å². The summed E-state index contributed by atoms with van der Waals surface area (Å²) in [6, 6.07) is 10.4. The Balaban J connectivity index is 1.66. The summed E-state index contributed by atoms with van der Waals surface area (Å²) in [7, 11) is 1.82. The van der Waals surface area contributed by atoms with E-state index < -0.39 is 0 Å². The van der Waals surface area contributed by atoms with Gasteiger partial charge < -0.3 is 15.1 Å². The maximum Gasteiger partial charge on any atom is 0.266 e. The van der Waals surface area contributed by atoms with Crippen LogP contribution >= 0.6 is 11.3 Å². The summed E-state index contributed by atoms with van der Waals surface area (Å²) in [5.74, 6) is 0.101. The Labute approximate surface area is 134 Å². The fourth-order valence-electron chi connectivity index (χ4n) is 2.65. The lowest BCUT2D eigenvalue weighted by Gasteiger charge is -2.36. The molecule has 6 heteroatoms. The van der Waals surface area contributed by atoms with E-state index >= 15 is 0 Å². The average Bonchev–Trinajstić information content (AvgIpc) is 2.96. The van der Waals surface area contributed by atoms with Gasteiger partial charge in [-0.25, -0.2) is 4.98 Å². The largest absolute Gasteiger partial charge is 0.368 e. The number of benzene rings is 1. The molecule has 0 bridgehead atoms. The topological polar surface area (TPSA) is 48.5 Å². The number of aryl methyl sites for hydroxylation is 1. The smallest absolute Gasteiger partial charge is 0.266 e. The van der Waals surface area contributed by atoms with Gasteiger partial charge in [0.25, 0.3) is 5.91 Å². The molecule has 3 rings (SSSR count). The summed E-state index contributed by atoms with van der Waals surface area (Å²) in [4.78, 5) is 22.0. The van der Waals surface area contributed by atoms with E-state index in [1.54, 1.807) is 0 Å². The van der Waals surface area contributed by atoms with Gasteiger partial charge in [-0.15, -0.1) is 0 Å². The van der Waals surface area contributed by atoms with E-state index in [9.17, 15) is 4.79 Å². The zero-order chi connectivity index (χ0) is 15.5. The van der Waals surface area contributed by atoms with Crippen LogP contribution in [0.3, 0.4) is 0 Å². The van der Waals surface area contributed by atoms with Gasteiger partial charge in [0, 0.05) is 38.9 Å². The van der Waals surface area contributed by atoms with Gasteiger partial charge in [-0.1, -0.05) is 29.5 Å². The third-order valence-corrected chi connectivity index (χ3v) is 5.06. The van der Waals surface area contributed by atoms with Crippen LogP contribution in [-0.2, 0) is 0 Å². The predicted octanol–water partition coefficient (Wildman–Crippen LogP) is 2.46. The molecule has 116 valence electrons. The van der Waals surface area contributed by atoms with Crippen molar-refractivity contribution in [2.75, 3.05) is 43.4 Å². The Kier molecular flexibility index (Phi) is 4.29. The lowest BCUT2D eigenvalue weighted by atomic mass is 10.2. The first-order valence-electron chi connectivity index (χ1n) is 7.43. The third kappa shape index (κ3) is 2.92. The number of amides is 1. The fraction of sp³-hybridized carbons (Fsp3) is 0.375. The molecule has 5 nitrogen and oxygen atoms in total. The number of carbonyl (C=O) groups excluding carboxylic acids is 1. The standard InChI is InChI=1S/C16H20N4OS/c1-12-14(22-16(17-2)18-12)15(21)20-10-8-19(9-11-20)13-6-4-3-5-7-13/h3-7H,8-11H2,1-2H3,(H,17,18). The number of anilines is 2. The Morgan fingerprint density at radius 2 is 1.86 bits per heavy atom. The van der Waals surface area contributed by atoms with Gasteiger partial charge in [-0.3, -0.25) is 4.79 Å². The van der Waals surface area contributed by atoms with Crippen LogP contribution in [0.4, 0.5) is 10.8 Å². The number of rotatable bonds is 3. The number of nitrogens with zero attached hydrogens (tertiary/aromatic N) is 3. The van der Waals surface area contributed by atoms with Crippen molar-refractivity contribution in [2.45, 2.75) is 6.92 Å². The van der Waals surface area contributed by atoms with Crippen molar-refractivity contribution in [3.8, 4) is 0 Å². The molecule has 2 aromatic rings. The maximum atomic E-state index is 12.6. The maximum absolute atomic E-state index is 12.6. The van der Waals surface area contributed by atoms with E-state index in [2.05, 4.69) is 27.3 Å². The number of hydrogen-bond acceptors (Lipinski definition) is 5. The highest BCUT2D eigenvalue weighted by molar-refractivity contribution is 7.17. The van der Waals surface area contributed by atoms with Crippen molar-refractivity contribution in [2.24, 2.45) is 0 Å². The van der Waals surface area contributed by atoms with Crippen molar-refractivity contribution in [1.29, 1.82) is 0 Å². The van der Waals surface area contributed by atoms with Crippen LogP contribution in [0.5, 0.6) is 0 Å². The van der Waals surface area contributed by atoms with Crippen molar-refractivity contribution >= 4 is 28.1 Å². The summed E-state index contributed by atoms with van der Waals surface area (Å²) >= 11 is 1.43.